The molecular weight excluding hydrogens is 498 g/mol. The van der Waals surface area contributed by atoms with E-state index in [9.17, 15) is 14.3 Å². The highest BCUT2D eigenvalue weighted by Gasteiger charge is 2.35. The number of benzene rings is 3. The van der Waals surface area contributed by atoms with Crippen LogP contribution in [0, 0.1) is 23.0 Å². The van der Waals surface area contributed by atoms with Gasteiger partial charge in [-0.2, -0.15) is 0 Å². The standard InChI is InChI=1S/C33H38F2O4/c1-5-15-33(2,3)19-23-16-21(9-13-25(23)28-17-24(38-4)12-14-29(28)34)20-39-30-8-6-7-26(32(30)35)27(18-31(36)37)22-10-11-22/h6-9,12-14,16-17,22,27H,5,10-11,15,18-20H2,1-4H3,(H,36,37). The summed E-state index contributed by atoms with van der Waals surface area (Å²) in [7, 11) is 1.56. The Kier molecular flexibility index (Phi) is 8.94. The van der Waals surface area contributed by atoms with Crippen LogP contribution in [0.5, 0.6) is 11.5 Å². The van der Waals surface area contributed by atoms with Crippen molar-refractivity contribution in [2.75, 3.05) is 7.11 Å². The Labute approximate surface area is 230 Å². The molecule has 3 aromatic rings. The number of methoxy groups -OCH3 is 1. The second kappa shape index (κ2) is 12.2. The van der Waals surface area contributed by atoms with E-state index < -0.39 is 11.8 Å². The maximum atomic E-state index is 15.5. The summed E-state index contributed by atoms with van der Waals surface area (Å²) in [4.78, 5) is 11.4. The number of hydrogen-bond donors (Lipinski definition) is 1. The average Bonchev–Trinajstić information content (AvgIpc) is 3.73. The van der Waals surface area contributed by atoms with Crippen LogP contribution in [-0.2, 0) is 17.8 Å². The largest absolute Gasteiger partial charge is 0.497 e. The summed E-state index contributed by atoms with van der Waals surface area (Å²) in [6.07, 6.45) is 4.54. The van der Waals surface area contributed by atoms with E-state index in [1.807, 2.05) is 18.2 Å². The number of ether oxygens (including phenoxy) is 2. The van der Waals surface area contributed by atoms with Gasteiger partial charge < -0.3 is 14.6 Å². The van der Waals surface area contributed by atoms with Crippen LogP contribution >= 0.6 is 0 Å². The third kappa shape index (κ3) is 7.17. The molecule has 6 heteroatoms. The lowest BCUT2D eigenvalue weighted by molar-refractivity contribution is -0.137. The smallest absolute Gasteiger partial charge is 0.303 e. The first kappa shape index (κ1) is 28.6. The fraction of sp³-hybridized carbons (Fsp3) is 0.424. The van der Waals surface area contributed by atoms with Gasteiger partial charge in [0, 0.05) is 11.5 Å². The zero-order chi connectivity index (χ0) is 28.2. The van der Waals surface area contributed by atoms with Crippen LogP contribution in [0.4, 0.5) is 8.78 Å². The highest BCUT2D eigenvalue weighted by atomic mass is 19.1. The molecule has 0 radical (unpaired) electrons. The summed E-state index contributed by atoms with van der Waals surface area (Å²) in [6.45, 7) is 6.70. The Bertz CT molecular complexity index is 1310. The van der Waals surface area contributed by atoms with E-state index in [1.54, 1.807) is 37.4 Å². The molecule has 3 aromatic carbocycles. The molecule has 39 heavy (non-hydrogen) atoms. The van der Waals surface area contributed by atoms with E-state index in [1.165, 1.54) is 6.07 Å². The lowest BCUT2D eigenvalue weighted by Gasteiger charge is -2.26. The molecule has 1 aliphatic carbocycles. The SMILES string of the molecule is CCCC(C)(C)Cc1cc(COc2cccc(C(CC(=O)O)C3CC3)c2F)ccc1-c1cc(OC)ccc1F. The molecule has 0 amide bonds. The number of rotatable bonds is 13. The minimum absolute atomic E-state index is 0.000721. The van der Waals surface area contributed by atoms with E-state index in [4.69, 9.17) is 9.47 Å². The normalized spacial score (nSPS) is 14.2. The van der Waals surface area contributed by atoms with Gasteiger partial charge in [-0.3, -0.25) is 4.79 Å². The van der Waals surface area contributed by atoms with E-state index in [0.717, 1.165) is 48.8 Å². The second-order valence-electron chi connectivity index (χ2n) is 11.4. The van der Waals surface area contributed by atoms with Gasteiger partial charge in [-0.15, -0.1) is 0 Å². The number of hydrogen-bond acceptors (Lipinski definition) is 3. The van der Waals surface area contributed by atoms with Gasteiger partial charge in [-0.1, -0.05) is 57.5 Å². The summed E-state index contributed by atoms with van der Waals surface area (Å²) in [5.41, 5.74) is 3.52. The van der Waals surface area contributed by atoms with Crippen LogP contribution in [0.1, 0.15) is 75.5 Å². The molecule has 0 bridgehead atoms. The molecule has 0 aliphatic heterocycles. The Hall–Kier alpha value is -3.41. The molecule has 0 heterocycles. The Morgan fingerprint density at radius 3 is 2.51 bits per heavy atom. The molecule has 0 aromatic heterocycles. The van der Waals surface area contributed by atoms with Crippen molar-refractivity contribution in [2.24, 2.45) is 11.3 Å². The van der Waals surface area contributed by atoms with Crippen molar-refractivity contribution in [3.05, 3.63) is 82.9 Å². The zero-order valence-corrected chi connectivity index (χ0v) is 23.2. The quantitative estimate of drug-likeness (QED) is 0.238. The summed E-state index contributed by atoms with van der Waals surface area (Å²) in [5, 5.41) is 9.34. The Morgan fingerprint density at radius 2 is 1.85 bits per heavy atom. The van der Waals surface area contributed by atoms with Crippen molar-refractivity contribution in [1.82, 2.24) is 0 Å². The van der Waals surface area contributed by atoms with E-state index in [-0.39, 0.29) is 41.8 Å². The number of halogens is 2. The average molecular weight is 537 g/mol. The molecule has 4 rings (SSSR count). The predicted molar refractivity (Wildman–Crippen MR) is 149 cm³/mol. The van der Waals surface area contributed by atoms with Crippen LogP contribution in [-0.4, -0.2) is 18.2 Å². The van der Waals surface area contributed by atoms with Gasteiger partial charge in [0.1, 0.15) is 18.2 Å². The Balaban J connectivity index is 1.63. The summed E-state index contributed by atoms with van der Waals surface area (Å²) in [6, 6.07) is 15.5. The van der Waals surface area contributed by atoms with Gasteiger partial charge in [-0.25, -0.2) is 8.78 Å². The number of carbonyl (C=O) groups is 1. The molecule has 1 atom stereocenters. The minimum atomic E-state index is -0.927. The topological polar surface area (TPSA) is 55.8 Å². The van der Waals surface area contributed by atoms with Crippen molar-refractivity contribution in [1.29, 1.82) is 0 Å². The van der Waals surface area contributed by atoms with Crippen LogP contribution < -0.4 is 9.47 Å². The van der Waals surface area contributed by atoms with Crippen molar-refractivity contribution in [2.45, 2.75) is 71.8 Å². The highest BCUT2D eigenvalue weighted by Crippen LogP contribution is 2.46. The lowest BCUT2D eigenvalue weighted by atomic mass is 9.79. The minimum Gasteiger partial charge on any atom is -0.497 e. The highest BCUT2D eigenvalue weighted by molar-refractivity contribution is 5.70. The summed E-state index contributed by atoms with van der Waals surface area (Å²) in [5.74, 6) is -1.20. The first-order valence-electron chi connectivity index (χ1n) is 13.7. The predicted octanol–water partition coefficient (Wildman–Crippen LogP) is 8.56. The maximum absolute atomic E-state index is 15.5. The first-order chi connectivity index (χ1) is 18.6. The van der Waals surface area contributed by atoms with Crippen molar-refractivity contribution < 1.29 is 28.2 Å². The van der Waals surface area contributed by atoms with Crippen molar-refractivity contribution in [3.8, 4) is 22.6 Å². The van der Waals surface area contributed by atoms with Gasteiger partial charge in [0.25, 0.3) is 0 Å². The summed E-state index contributed by atoms with van der Waals surface area (Å²) >= 11 is 0. The zero-order valence-electron chi connectivity index (χ0n) is 23.2. The molecule has 208 valence electrons. The number of carboxylic acid groups (broad SMARTS) is 1. The maximum Gasteiger partial charge on any atom is 0.303 e. The van der Waals surface area contributed by atoms with E-state index in [0.29, 0.717) is 16.9 Å². The molecule has 0 spiro atoms. The number of aliphatic carboxylic acids is 1. The van der Waals surface area contributed by atoms with Gasteiger partial charge in [-0.05, 0) is 83.5 Å². The molecule has 1 saturated carbocycles. The third-order valence-electron chi connectivity index (χ3n) is 7.60. The fourth-order valence-corrected chi connectivity index (χ4v) is 5.57. The van der Waals surface area contributed by atoms with Crippen LogP contribution in [0.15, 0.2) is 54.6 Å². The fourth-order valence-electron chi connectivity index (χ4n) is 5.57. The van der Waals surface area contributed by atoms with Crippen LogP contribution in [0.2, 0.25) is 0 Å². The molecule has 1 fully saturated rings. The van der Waals surface area contributed by atoms with Gasteiger partial charge in [0.15, 0.2) is 11.6 Å². The van der Waals surface area contributed by atoms with Crippen LogP contribution in [0.3, 0.4) is 0 Å². The van der Waals surface area contributed by atoms with Gasteiger partial charge in [0.2, 0.25) is 0 Å². The van der Waals surface area contributed by atoms with Crippen LogP contribution in [0.25, 0.3) is 11.1 Å². The lowest BCUT2D eigenvalue weighted by Crippen LogP contribution is -2.15. The first-order valence-corrected chi connectivity index (χ1v) is 13.7. The summed E-state index contributed by atoms with van der Waals surface area (Å²) < 4.78 is 41.7. The molecule has 1 unspecified atom stereocenters. The van der Waals surface area contributed by atoms with E-state index >= 15 is 4.39 Å². The molecule has 0 saturated heterocycles. The monoisotopic (exact) mass is 536 g/mol. The van der Waals surface area contributed by atoms with Gasteiger partial charge >= 0.3 is 5.97 Å². The Morgan fingerprint density at radius 1 is 1.08 bits per heavy atom. The molecule has 1 aliphatic rings. The van der Waals surface area contributed by atoms with E-state index in [2.05, 4.69) is 20.8 Å². The van der Waals surface area contributed by atoms with Crippen molar-refractivity contribution >= 4 is 5.97 Å². The third-order valence-corrected chi connectivity index (χ3v) is 7.60. The second-order valence-corrected chi connectivity index (χ2v) is 11.4. The molecule has 4 nitrogen and oxygen atoms in total. The van der Waals surface area contributed by atoms with Crippen molar-refractivity contribution in [3.63, 3.8) is 0 Å². The molecule has 1 N–H and O–H groups in total. The van der Waals surface area contributed by atoms with Gasteiger partial charge in [0.05, 0.1) is 13.5 Å². The molecular formula is C33H38F2O4. The number of carboxylic acids is 1.